The minimum atomic E-state index is 0.956. The van der Waals surface area contributed by atoms with Crippen LogP contribution in [0.3, 0.4) is 0 Å². The van der Waals surface area contributed by atoms with Crippen molar-refractivity contribution in [3.63, 3.8) is 0 Å². The Labute approximate surface area is 81.4 Å². The summed E-state index contributed by atoms with van der Waals surface area (Å²) in [5.41, 5.74) is 0.956. The van der Waals surface area contributed by atoms with Crippen LogP contribution >= 0.6 is 0 Å². The smallest absolute Gasteiger partial charge is 0.133 e. The van der Waals surface area contributed by atoms with E-state index in [-0.39, 0.29) is 0 Å². The molecule has 0 radical (unpaired) electrons. The lowest BCUT2D eigenvalue weighted by atomic mass is 10.3. The highest BCUT2D eigenvalue weighted by Gasteiger charge is 1.89. The summed E-state index contributed by atoms with van der Waals surface area (Å²) < 4.78 is 5.12. The van der Waals surface area contributed by atoms with Gasteiger partial charge < -0.3 is 4.42 Å². The molecule has 0 aliphatic heterocycles. The number of para-hydroxylation sites is 1. The molecule has 3 nitrogen and oxygen atoms in total. The van der Waals surface area contributed by atoms with E-state index in [1.807, 2.05) is 36.4 Å². The summed E-state index contributed by atoms with van der Waals surface area (Å²) in [6.07, 6.45) is 5.16. The van der Waals surface area contributed by atoms with Gasteiger partial charge in [-0.25, -0.2) is 0 Å². The van der Waals surface area contributed by atoms with Gasteiger partial charge >= 0.3 is 0 Å². The van der Waals surface area contributed by atoms with Crippen molar-refractivity contribution >= 4 is 11.0 Å². The maximum absolute atomic E-state index is 5.12. The van der Waals surface area contributed by atoms with Crippen LogP contribution < -0.4 is 0 Å². The Balaban J connectivity index is 0.000000128. The number of aromatic nitrogens is 2. The van der Waals surface area contributed by atoms with Gasteiger partial charge in [-0.05, 0) is 18.2 Å². The average molecular weight is 186 g/mol. The number of furan rings is 1. The first-order valence-electron chi connectivity index (χ1n) is 4.33. The Kier molecular flexibility index (Phi) is 2.62. The molecule has 3 heteroatoms. The molecular weight excluding hydrogens is 176 g/mol. The van der Waals surface area contributed by atoms with Gasteiger partial charge in [-0.3, -0.25) is 5.10 Å². The van der Waals surface area contributed by atoms with Gasteiger partial charge in [-0.15, -0.1) is 0 Å². The fourth-order valence-corrected chi connectivity index (χ4v) is 1.12. The van der Waals surface area contributed by atoms with E-state index in [2.05, 4.69) is 10.2 Å². The summed E-state index contributed by atoms with van der Waals surface area (Å²) in [7, 11) is 0. The summed E-state index contributed by atoms with van der Waals surface area (Å²) >= 11 is 0. The molecule has 0 saturated carbocycles. The van der Waals surface area contributed by atoms with Crippen molar-refractivity contribution in [2.45, 2.75) is 0 Å². The van der Waals surface area contributed by atoms with E-state index in [9.17, 15) is 0 Å². The first-order valence-corrected chi connectivity index (χ1v) is 4.33. The van der Waals surface area contributed by atoms with E-state index in [0.29, 0.717) is 0 Å². The second-order valence-electron chi connectivity index (χ2n) is 2.72. The molecule has 0 spiro atoms. The number of benzene rings is 1. The second kappa shape index (κ2) is 4.28. The van der Waals surface area contributed by atoms with Gasteiger partial charge in [0.1, 0.15) is 5.58 Å². The Morgan fingerprint density at radius 2 is 2.00 bits per heavy atom. The molecule has 2 aromatic heterocycles. The van der Waals surface area contributed by atoms with Gasteiger partial charge in [-0.1, -0.05) is 18.2 Å². The highest BCUT2D eigenvalue weighted by atomic mass is 16.3. The quantitative estimate of drug-likeness (QED) is 0.586. The van der Waals surface area contributed by atoms with Crippen molar-refractivity contribution in [2.75, 3.05) is 0 Å². The third kappa shape index (κ3) is 2.01. The van der Waals surface area contributed by atoms with Crippen molar-refractivity contribution in [3.05, 3.63) is 55.1 Å². The molecule has 1 N–H and O–H groups in total. The first-order chi connectivity index (χ1) is 6.97. The molecular formula is C11H10N2O. The number of H-pyrrole nitrogens is 1. The topological polar surface area (TPSA) is 41.8 Å². The number of nitrogens with zero attached hydrogens (tertiary/aromatic N) is 1. The largest absolute Gasteiger partial charge is 0.464 e. The molecule has 1 aromatic carbocycles. The van der Waals surface area contributed by atoms with E-state index in [0.717, 1.165) is 11.0 Å². The molecule has 0 aliphatic carbocycles. The van der Waals surface area contributed by atoms with Crippen molar-refractivity contribution in [3.8, 4) is 0 Å². The van der Waals surface area contributed by atoms with Crippen LogP contribution in [0.4, 0.5) is 0 Å². The zero-order valence-electron chi connectivity index (χ0n) is 7.55. The zero-order valence-corrected chi connectivity index (χ0v) is 7.55. The lowest BCUT2D eigenvalue weighted by molar-refractivity contribution is 0.616. The SMILES string of the molecule is c1ccc2occc2c1.c1cn[nH]c1. The predicted molar refractivity (Wildman–Crippen MR) is 54.8 cm³/mol. The molecule has 0 atom stereocenters. The molecule has 3 rings (SSSR count). The molecule has 0 aliphatic rings. The van der Waals surface area contributed by atoms with Crippen LogP contribution in [-0.4, -0.2) is 10.2 Å². The van der Waals surface area contributed by atoms with Gasteiger partial charge in [0.25, 0.3) is 0 Å². The normalized spacial score (nSPS) is 9.43. The van der Waals surface area contributed by atoms with Crippen molar-refractivity contribution in [2.24, 2.45) is 0 Å². The highest BCUT2D eigenvalue weighted by molar-refractivity contribution is 5.76. The van der Waals surface area contributed by atoms with E-state index in [1.165, 1.54) is 0 Å². The summed E-state index contributed by atoms with van der Waals surface area (Å²) in [5.74, 6) is 0. The monoisotopic (exact) mass is 186 g/mol. The van der Waals surface area contributed by atoms with Gasteiger partial charge in [-0.2, -0.15) is 5.10 Å². The van der Waals surface area contributed by atoms with Crippen LogP contribution in [-0.2, 0) is 0 Å². The van der Waals surface area contributed by atoms with Crippen LogP contribution in [0.25, 0.3) is 11.0 Å². The minimum Gasteiger partial charge on any atom is -0.464 e. The maximum Gasteiger partial charge on any atom is 0.133 e. The van der Waals surface area contributed by atoms with Crippen LogP contribution in [0, 0.1) is 0 Å². The number of hydrogen-bond acceptors (Lipinski definition) is 2. The molecule has 0 saturated heterocycles. The predicted octanol–water partition coefficient (Wildman–Crippen LogP) is 2.84. The number of rotatable bonds is 0. The average Bonchev–Trinajstić information content (AvgIpc) is 2.92. The molecule has 2 heterocycles. The van der Waals surface area contributed by atoms with Gasteiger partial charge in [0.05, 0.1) is 6.26 Å². The van der Waals surface area contributed by atoms with Crippen LogP contribution in [0.1, 0.15) is 0 Å². The van der Waals surface area contributed by atoms with E-state index >= 15 is 0 Å². The maximum atomic E-state index is 5.12. The third-order valence-corrected chi connectivity index (χ3v) is 1.77. The lowest BCUT2D eigenvalue weighted by Gasteiger charge is -1.81. The first kappa shape index (κ1) is 8.56. The van der Waals surface area contributed by atoms with Crippen LogP contribution in [0.5, 0.6) is 0 Å². The highest BCUT2D eigenvalue weighted by Crippen LogP contribution is 2.12. The fourth-order valence-electron chi connectivity index (χ4n) is 1.12. The Morgan fingerprint density at radius 3 is 2.64 bits per heavy atom. The Bertz CT molecular complexity index is 423. The van der Waals surface area contributed by atoms with E-state index in [4.69, 9.17) is 4.42 Å². The number of fused-ring (bicyclic) bond motifs is 1. The summed E-state index contributed by atoms with van der Waals surface area (Å²) in [4.78, 5) is 0. The molecule has 0 unspecified atom stereocenters. The molecule has 3 aromatic rings. The minimum absolute atomic E-state index is 0.956. The molecule has 70 valence electrons. The van der Waals surface area contributed by atoms with Crippen LogP contribution in [0.15, 0.2) is 59.5 Å². The summed E-state index contributed by atoms with van der Waals surface area (Å²) in [6, 6.07) is 11.7. The third-order valence-electron chi connectivity index (χ3n) is 1.77. The van der Waals surface area contributed by atoms with Gasteiger partial charge in [0.15, 0.2) is 0 Å². The molecule has 0 fully saturated rings. The zero-order chi connectivity index (χ0) is 9.64. The van der Waals surface area contributed by atoms with Crippen molar-refractivity contribution < 1.29 is 4.42 Å². The number of hydrogen-bond donors (Lipinski definition) is 1. The Morgan fingerprint density at radius 1 is 1.07 bits per heavy atom. The van der Waals surface area contributed by atoms with E-state index in [1.54, 1.807) is 18.7 Å². The van der Waals surface area contributed by atoms with Gasteiger partial charge in [0.2, 0.25) is 0 Å². The summed E-state index contributed by atoms with van der Waals surface area (Å²) in [6.45, 7) is 0. The Hall–Kier alpha value is -2.03. The molecule has 0 bridgehead atoms. The number of nitrogens with one attached hydrogen (secondary N) is 1. The number of aromatic amines is 1. The fraction of sp³-hybridized carbons (Fsp3) is 0. The molecule has 0 amide bonds. The standard InChI is InChI=1S/C8H6O.C3H4N2/c1-2-4-8-7(3-1)5-6-9-8;1-2-4-5-3-1/h1-6H;1-3H,(H,4,5). The summed E-state index contributed by atoms with van der Waals surface area (Å²) in [5, 5.41) is 7.37. The van der Waals surface area contributed by atoms with Gasteiger partial charge in [0, 0.05) is 17.8 Å². The van der Waals surface area contributed by atoms with Crippen molar-refractivity contribution in [1.29, 1.82) is 0 Å². The van der Waals surface area contributed by atoms with E-state index < -0.39 is 0 Å². The van der Waals surface area contributed by atoms with Crippen LogP contribution in [0.2, 0.25) is 0 Å². The molecule has 14 heavy (non-hydrogen) atoms. The lowest BCUT2D eigenvalue weighted by Crippen LogP contribution is -1.57. The van der Waals surface area contributed by atoms with Crippen molar-refractivity contribution in [1.82, 2.24) is 10.2 Å². The second-order valence-corrected chi connectivity index (χ2v) is 2.72.